The lowest BCUT2D eigenvalue weighted by Gasteiger charge is -2.60. The van der Waals surface area contributed by atoms with Crippen LogP contribution in [0.4, 0.5) is 0 Å². The van der Waals surface area contributed by atoms with Crippen LogP contribution in [0.15, 0.2) is 42.5 Å². The molecule has 1 saturated carbocycles. The van der Waals surface area contributed by atoms with Gasteiger partial charge in [0, 0.05) is 30.0 Å². The first-order chi connectivity index (χ1) is 22.0. The number of aryl methyl sites for hydroxylation is 1. The number of carbonyl (C=O) groups is 2. The first kappa shape index (κ1) is 32.1. The Morgan fingerprint density at radius 3 is 2.58 bits per heavy atom. The topological polar surface area (TPSA) is 59.1 Å². The Morgan fingerprint density at radius 1 is 1.00 bits per heavy atom. The molecule has 0 N–H and O–H groups in total. The van der Waals surface area contributed by atoms with Crippen molar-refractivity contribution in [2.24, 2.45) is 5.92 Å². The van der Waals surface area contributed by atoms with E-state index >= 15 is 0 Å². The SMILES string of the molecule is CCCCCN(C(=O)CCCCCCCc1ccccc1)[C@@H]1CC[C@H]2[C@H]3Cc4ccc(OC)c5c4[C@@]2(CCN3CC(C)=O)[C@H]1O5. The van der Waals surface area contributed by atoms with E-state index in [1.165, 1.54) is 36.0 Å². The molecule has 0 aromatic heterocycles. The summed E-state index contributed by atoms with van der Waals surface area (Å²) in [4.78, 5) is 31.1. The minimum atomic E-state index is -0.125. The highest BCUT2D eigenvalue weighted by Gasteiger charge is 2.66. The molecule has 1 spiro atoms. The molecule has 2 aromatic carbocycles. The Morgan fingerprint density at radius 2 is 1.80 bits per heavy atom. The number of likely N-dealkylation sites (tertiary alicyclic amines) is 1. The Kier molecular flexibility index (Phi) is 10.2. The normalized spacial score (nSPS) is 26.2. The number of benzene rings is 2. The van der Waals surface area contributed by atoms with E-state index < -0.39 is 0 Å². The number of ether oxygens (including phenoxy) is 2. The Hall–Kier alpha value is -2.86. The van der Waals surface area contributed by atoms with Gasteiger partial charge in [0.05, 0.1) is 19.7 Å². The highest BCUT2D eigenvalue weighted by atomic mass is 16.5. The number of ketones is 1. The highest BCUT2D eigenvalue weighted by Crippen LogP contribution is 2.64. The van der Waals surface area contributed by atoms with Crippen LogP contribution in [0.5, 0.6) is 11.5 Å². The van der Waals surface area contributed by atoms with Crippen LogP contribution in [0.1, 0.15) is 108 Å². The summed E-state index contributed by atoms with van der Waals surface area (Å²) in [7, 11) is 1.74. The third-order valence-corrected chi connectivity index (χ3v) is 11.5. The monoisotopic (exact) mass is 614 g/mol. The molecule has 2 aromatic rings. The van der Waals surface area contributed by atoms with E-state index in [1.807, 2.05) is 0 Å². The van der Waals surface area contributed by atoms with Crippen molar-refractivity contribution >= 4 is 11.7 Å². The van der Waals surface area contributed by atoms with Gasteiger partial charge in [-0.2, -0.15) is 0 Å². The second kappa shape index (κ2) is 14.3. The molecule has 2 bridgehead atoms. The molecule has 2 heterocycles. The lowest BCUT2D eigenvalue weighted by Crippen LogP contribution is -2.69. The molecule has 0 unspecified atom stereocenters. The van der Waals surface area contributed by atoms with Crippen LogP contribution in [0.3, 0.4) is 0 Å². The minimum Gasteiger partial charge on any atom is -0.493 e. The molecule has 6 nitrogen and oxygen atoms in total. The van der Waals surface area contributed by atoms with Crippen molar-refractivity contribution in [2.75, 3.05) is 26.7 Å². The molecule has 2 aliphatic heterocycles. The van der Waals surface area contributed by atoms with Gasteiger partial charge in [0.2, 0.25) is 5.91 Å². The second-order valence-electron chi connectivity index (χ2n) is 14.2. The molecule has 2 fully saturated rings. The maximum atomic E-state index is 14.1. The van der Waals surface area contributed by atoms with Gasteiger partial charge in [-0.05, 0) is 87.9 Å². The van der Waals surface area contributed by atoms with E-state index in [9.17, 15) is 9.59 Å². The molecule has 5 atom stereocenters. The van der Waals surface area contributed by atoms with E-state index in [4.69, 9.17) is 9.47 Å². The molecule has 1 saturated heterocycles. The van der Waals surface area contributed by atoms with Crippen molar-refractivity contribution in [1.29, 1.82) is 0 Å². The average Bonchev–Trinajstić information content (AvgIpc) is 3.39. The van der Waals surface area contributed by atoms with Gasteiger partial charge in [0.1, 0.15) is 11.9 Å². The quantitative estimate of drug-likeness (QED) is 0.186. The zero-order valence-corrected chi connectivity index (χ0v) is 27.9. The summed E-state index contributed by atoms with van der Waals surface area (Å²) in [6, 6.07) is 15.4. The highest BCUT2D eigenvalue weighted by molar-refractivity contribution is 5.78. The number of rotatable bonds is 16. The smallest absolute Gasteiger partial charge is 0.222 e. The predicted molar refractivity (Wildman–Crippen MR) is 179 cm³/mol. The molecule has 6 rings (SSSR count). The molecule has 244 valence electrons. The van der Waals surface area contributed by atoms with E-state index in [1.54, 1.807) is 14.0 Å². The molecular formula is C39H54N2O4. The third kappa shape index (κ3) is 6.28. The van der Waals surface area contributed by atoms with Crippen molar-refractivity contribution in [3.63, 3.8) is 0 Å². The van der Waals surface area contributed by atoms with Gasteiger partial charge in [-0.25, -0.2) is 0 Å². The summed E-state index contributed by atoms with van der Waals surface area (Å²) >= 11 is 0. The number of piperidine rings is 1. The lowest BCUT2D eigenvalue weighted by atomic mass is 9.51. The zero-order valence-electron chi connectivity index (χ0n) is 27.9. The summed E-state index contributed by atoms with van der Waals surface area (Å²) in [5, 5.41) is 0. The maximum Gasteiger partial charge on any atom is 0.222 e. The van der Waals surface area contributed by atoms with Crippen LogP contribution >= 0.6 is 0 Å². The van der Waals surface area contributed by atoms with Crippen LogP contribution in [0, 0.1) is 5.92 Å². The average molecular weight is 615 g/mol. The Balaban J connectivity index is 1.17. The van der Waals surface area contributed by atoms with Crippen molar-refractivity contribution in [1.82, 2.24) is 9.80 Å². The van der Waals surface area contributed by atoms with Gasteiger partial charge in [-0.1, -0.05) is 75.4 Å². The predicted octanol–water partition coefficient (Wildman–Crippen LogP) is 7.29. The summed E-state index contributed by atoms with van der Waals surface area (Å²) in [5.41, 5.74) is 4.00. The number of Topliss-reactive ketones (excluding diaryl/α,β-unsaturated/α-hetero) is 1. The van der Waals surface area contributed by atoms with Gasteiger partial charge < -0.3 is 14.4 Å². The van der Waals surface area contributed by atoms with E-state index in [0.717, 1.165) is 88.8 Å². The van der Waals surface area contributed by atoms with Crippen molar-refractivity contribution in [2.45, 2.75) is 127 Å². The fourth-order valence-corrected chi connectivity index (χ4v) is 9.48. The van der Waals surface area contributed by atoms with Crippen molar-refractivity contribution in [3.8, 4) is 11.5 Å². The summed E-state index contributed by atoms with van der Waals surface area (Å²) < 4.78 is 12.9. The molecule has 1 amide bonds. The molecule has 0 radical (unpaired) electrons. The second-order valence-corrected chi connectivity index (χ2v) is 14.2. The van der Waals surface area contributed by atoms with E-state index in [0.29, 0.717) is 30.8 Å². The van der Waals surface area contributed by atoms with Crippen molar-refractivity contribution < 1.29 is 19.1 Å². The molecule has 2 aliphatic carbocycles. The maximum absolute atomic E-state index is 14.1. The van der Waals surface area contributed by atoms with Crippen LogP contribution in [-0.2, 0) is 27.8 Å². The van der Waals surface area contributed by atoms with Crippen LogP contribution < -0.4 is 9.47 Å². The van der Waals surface area contributed by atoms with Crippen molar-refractivity contribution in [3.05, 3.63) is 59.2 Å². The molecular weight excluding hydrogens is 560 g/mol. The zero-order chi connectivity index (χ0) is 31.4. The summed E-state index contributed by atoms with van der Waals surface area (Å²) in [5.74, 6) is 2.71. The number of hydrogen-bond donors (Lipinski definition) is 0. The summed E-state index contributed by atoms with van der Waals surface area (Å²) in [6.07, 6.45) is 14.7. The van der Waals surface area contributed by atoms with Gasteiger partial charge in [-0.15, -0.1) is 0 Å². The van der Waals surface area contributed by atoms with E-state index in [-0.39, 0.29) is 23.3 Å². The number of hydrogen-bond acceptors (Lipinski definition) is 5. The fourth-order valence-electron chi connectivity index (χ4n) is 9.48. The fraction of sp³-hybridized carbons (Fsp3) is 0.641. The van der Waals surface area contributed by atoms with E-state index in [2.05, 4.69) is 59.2 Å². The largest absolute Gasteiger partial charge is 0.493 e. The Bertz CT molecular complexity index is 1330. The van der Waals surface area contributed by atoms with Crippen LogP contribution in [-0.4, -0.2) is 66.4 Å². The number of amides is 1. The van der Waals surface area contributed by atoms with Gasteiger partial charge in [0.25, 0.3) is 0 Å². The standard InChI is InChI=1S/C39H54N2O4/c1-4-5-14-24-41(35(43)18-13-8-6-7-10-15-29-16-11-9-12-17-29)32-21-20-31-33-26-30-19-22-34(44-3)37-36(30)39(31,38(32)45-37)23-25-40(33)27-28(2)42/h9,11-12,16-17,19,22,31-33,38H,4-8,10,13-15,18,20-21,23-27H2,1-3H3/t31-,32+,33+,38-,39-/m0/s1. The number of carbonyl (C=O) groups excluding carboxylic acids is 2. The first-order valence-electron chi connectivity index (χ1n) is 17.9. The third-order valence-electron chi connectivity index (χ3n) is 11.5. The van der Waals surface area contributed by atoms with Gasteiger partial charge in [0.15, 0.2) is 11.5 Å². The number of methoxy groups -OCH3 is 1. The molecule has 6 heteroatoms. The first-order valence-corrected chi connectivity index (χ1v) is 17.9. The van der Waals surface area contributed by atoms with Gasteiger partial charge in [-0.3, -0.25) is 14.5 Å². The van der Waals surface area contributed by atoms with Crippen LogP contribution in [0.25, 0.3) is 0 Å². The molecule has 4 aliphatic rings. The summed E-state index contributed by atoms with van der Waals surface area (Å²) in [6.45, 7) is 6.19. The number of nitrogens with zero attached hydrogens (tertiary/aromatic N) is 2. The Labute approximate surface area is 270 Å². The molecule has 45 heavy (non-hydrogen) atoms. The lowest BCUT2D eigenvalue weighted by molar-refractivity contribution is -0.143. The van der Waals surface area contributed by atoms with Gasteiger partial charge >= 0.3 is 0 Å². The van der Waals surface area contributed by atoms with Crippen LogP contribution in [0.2, 0.25) is 0 Å². The minimum absolute atomic E-state index is 0.0628. The number of unbranched alkanes of at least 4 members (excludes halogenated alkanes) is 6.